The van der Waals surface area contributed by atoms with E-state index in [0.717, 1.165) is 34.0 Å². The molecule has 0 bridgehead atoms. The smallest absolute Gasteiger partial charge is 0.136 e. The van der Waals surface area contributed by atoms with E-state index in [-0.39, 0.29) is 0 Å². The van der Waals surface area contributed by atoms with E-state index in [1.54, 1.807) is 14.2 Å². The molecule has 0 aliphatic carbocycles. The van der Waals surface area contributed by atoms with Gasteiger partial charge in [0.25, 0.3) is 0 Å². The molecule has 142 valence electrons. The first-order valence-electron chi connectivity index (χ1n) is 9.35. The van der Waals surface area contributed by atoms with Gasteiger partial charge >= 0.3 is 0 Å². The van der Waals surface area contributed by atoms with Crippen LogP contribution in [0.25, 0.3) is 11.3 Å². The van der Waals surface area contributed by atoms with Crippen LogP contribution in [0, 0.1) is 0 Å². The molecule has 0 amide bonds. The number of rotatable bonds is 4. The fourth-order valence-electron chi connectivity index (χ4n) is 3.70. The normalized spacial score (nSPS) is 14.9. The summed E-state index contributed by atoms with van der Waals surface area (Å²) in [7, 11) is 3.35. The van der Waals surface area contributed by atoms with Crippen molar-refractivity contribution in [3.63, 3.8) is 0 Å². The third kappa shape index (κ3) is 3.13. The first-order chi connectivity index (χ1) is 13.5. The Bertz CT molecular complexity index is 1010. The Labute approximate surface area is 166 Å². The van der Waals surface area contributed by atoms with E-state index in [1.807, 2.05) is 36.4 Å². The van der Waals surface area contributed by atoms with E-state index in [1.165, 1.54) is 11.1 Å². The molecule has 1 aliphatic heterocycles. The first kappa shape index (κ1) is 18.2. The molecule has 3 aromatic carbocycles. The lowest BCUT2D eigenvalue weighted by Gasteiger charge is -2.37. The molecule has 3 aromatic rings. The molecular formula is C25H24O3. The molecule has 1 heterocycles. The maximum Gasteiger partial charge on any atom is 0.136 e. The molecule has 0 spiro atoms. The monoisotopic (exact) mass is 372 g/mol. The highest BCUT2D eigenvalue weighted by Gasteiger charge is 2.34. The third-order valence-electron chi connectivity index (χ3n) is 5.16. The van der Waals surface area contributed by atoms with Crippen molar-refractivity contribution in [2.45, 2.75) is 19.4 Å². The number of ether oxygens (including phenoxy) is 3. The summed E-state index contributed by atoms with van der Waals surface area (Å²) in [5, 5.41) is 0. The van der Waals surface area contributed by atoms with Crippen molar-refractivity contribution in [1.29, 1.82) is 0 Å². The van der Waals surface area contributed by atoms with Crippen molar-refractivity contribution < 1.29 is 14.2 Å². The molecule has 28 heavy (non-hydrogen) atoms. The van der Waals surface area contributed by atoms with Gasteiger partial charge in [-0.1, -0.05) is 36.4 Å². The van der Waals surface area contributed by atoms with Gasteiger partial charge in [0, 0.05) is 16.7 Å². The zero-order valence-corrected chi connectivity index (χ0v) is 16.7. The molecule has 0 atom stereocenters. The number of methoxy groups -OCH3 is 2. The second-order valence-electron chi connectivity index (χ2n) is 7.32. The van der Waals surface area contributed by atoms with Crippen molar-refractivity contribution in [3.05, 3.63) is 95.1 Å². The van der Waals surface area contributed by atoms with Crippen LogP contribution in [0.1, 0.15) is 36.1 Å². The summed E-state index contributed by atoms with van der Waals surface area (Å²) in [5.74, 6) is 2.53. The predicted octanol–water partition coefficient (Wildman–Crippen LogP) is 5.89. The average molecular weight is 372 g/mol. The van der Waals surface area contributed by atoms with Gasteiger partial charge in [0.05, 0.1) is 14.2 Å². The van der Waals surface area contributed by atoms with E-state index in [9.17, 15) is 0 Å². The van der Waals surface area contributed by atoms with Gasteiger partial charge < -0.3 is 14.2 Å². The molecule has 0 saturated heterocycles. The Hall–Kier alpha value is -3.20. The van der Waals surface area contributed by atoms with Crippen LogP contribution in [0.4, 0.5) is 0 Å². The topological polar surface area (TPSA) is 27.7 Å². The lowest BCUT2D eigenvalue weighted by molar-refractivity contribution is 0.0721. The quantitative estimate of drug-likeness (QED) is 0.572. The molecule has 0 saturated carbocycles. The maximum atomic E-state index is 6.59. The minimum absolute atomic E-state index is 0.429. The predicted molar refractivity (Wildman–Crippen MR) is 112 cm³/mol. The minimum atomic E-state index is -0.429. The van der Waals surface area contributed by atoms with Crippen molar-refractivity contribution in [3.8, 4) is 11.5 Å². The van der Waals surface area contributed by atoms with Crippen molar-refractivity contribution in [2.24, 2.45) is 0 Å². The maximum absolute atomic E-state index is 6.59. The largest absolute Gasteiger partial charge is 0.497 e. The SMILES string of the molecule is COc1ccc(C2=C(c3ccc(OC)cc3)c3ccccc3C(C)(C)O2)cc1. The molecule has 4 rings (SSSR count). The van der Waals surface area contributed by atoms with E-state index in [0.29, 0.717) is 0 Å². The fourth-order valence-corrected chi connectivity index (χ4v) is 3.70. The van der Waals surface area contributed by atoms with Gasteiger partial charge in [0.1, 0.15) is 22.9 Å². The lowest BCUT2D eigenvalue weighted by atomic mass is 9.82. The summed E-state index contributed by atoms with van der Waals surface area (Å²) >= 11 is 0. The summed E-state index contributed by atoms with van der Waals surface area (Å²) in [4.78, 5) is 0. The highest BCUT2D eigenvalue weighted by atomic mass is 16.5. The fraction of sp³-hybridized carbons (Fsp3) is 0.200. The number of benzene rings is 3. The Kier molecular flexibility index (Phi) is 4.60. The van der Waals surface area contributed by atoms with E-state index in [4.69, 9.17) is 14.2 Å². The Balaban J connectivity index is 1.97. The van der Waals surface area contributed by atoms with E-state index < -0.39 is 5.60 Å². The van der Waals surface area contributed by atoms with Gasteiger partial charge in [-0.15, -0.1) is 0 Å². The summed E-state index contributed by atoms with van der Waals surface area (Å²) in [6.45, 7) is 4.22. The van der Waals surface area contributed by atoms with E-state index in [2.05, 4.69) is 50.2 Å². The van der Waals surface area contributed by atoms with Crippen LogP contribution in [0.3, 0.4) is 0 Å². The molecule has 0 aromatic heterocycles. The zero-order chi connectivity index (χ0) is 19.7. The lowest BCUT2D eigenvalue weighted by Crippen LogP contribution is -2.27. The Morgan fingerprint density at radius 3 is 1.79 bits per heavy atom. The van der Waals surface area contributed by atoms with Gasteiger partial charge in [-0.25, -0.2) is 0 Å². The number of hydrogen-bond acceptors (Lipinski definition) is 3. The van der Waals surface area contributed by atoms with E-state index >= 15 is 0 Å². The van der Waals surface area contributed by atoms with Gasteiger partial charge in [-0.05, 0) is 61.4 Å². The molecule has 0 fully saturated rings. The molecule has 0 N–H and O–H groups in total. The summed E-state index contributed by atoms with van der Waals surface area (Å²) in [5.41, 5.74) is 5.14. The van der Waals surface area contributed by atoms with Crippen LogP contribution in [0.2, 0.25) is 0 Å². The number of fused-ring (bicyclic) bond motifs is 1. The van der Waals surface area contributed by atoms with Crippen LogP contribution in [0.15, 0.2) is 72.8 Å². The van der Waals surface area contributed by atoms with Crippen LogP contribution >= 0.6 is 0 Å². The summed E-state index contributed by atoms with van der Waals surface area (Å²) in [6, 6.07) is 24.6. The Morgan fingerprint density at radius 2 is 1.21 bits per heavy atom. The second kappa shape index (κ2) is 7.08. The highest BCUT2D eigenvalue weighted by Crippen LogP contribution is 2.46. The molecule has 3 nitrogen and oxygen atoms in total. The zero-order valence-electron chi connectivity index (χ0n) is 16.7. The summed E-state index contributed by atoms with van der Waals surface area (Å²) < 4.78 is 17.2. The van der Waals surface area contributed by atoms with Crippen molar-refractivity contribution in [1.82, 2.24) is 0 Å². The van der Waals surface area contributed by atoms with Crippen molar-refractivity contribution in [2.75, 3.05) is 14.2 Å². The minimum Gasteiger partial charge on any atom is -0.497 e. The van der Waals surface area contributed by atoms with Gasteiger partial charge in [-0.2, -0.15) is 0 Å². The Morgan fingerprint density at radius 1 is 0.679 bits per heavy atom. The van der Waals surface area contributed by atoms with Crippen LogP contribution < -0.4 is 9.47 Å². The summed E-state index contributed by atoms with van der Waals surface area (Å²) in [6.07, 6.45) is 0. The van der Waals surface area contributed by atoms with Crippen LogP contribution in [-0.2, 0) is 10.3 Å². The standard InChI is InChI=1S/C25H24O3/c1-25(2)22-8-6-5-7-21(22)23(17-9-13-19(26-3)14-10-17)24(28-25)18-11-15-20(27-4)16-12-18/h5-16H,1-4H3. The molecular weight excluding hydrogens is 348 g/mol. The van der Waals surface area contributed by atoms with Gasteiger partial charge in [0.15, 0.2) is 0 Å². The second-order valence-corrected chi connectivity index (χ2v) is 7.32. The molecule has 1 aliphatic rings. The average Bonchev–Trinajstić information content (AvgIpc) is 2.74. The van der Waals surface area contributed by atoms with Crippen LogP contribution in [0.5, 0.6) is 11.5 Å². The number of hydrogen-bond donors (Lipinski definition) is 0. The molecule has 3 heteroatoms. The third-order valence-corrected chi connectivity index (χ3v) is 5.16. The van der Waals surface area contributed by atoms with Crippen LogP contribution in [-0.4, -0.2) is 14.2 Å². The van der Waals surface area contributed by atoms with Crippen molar-refractivity contribution >= 4 is 11.3 Å². The molecule has 0 unspecified atom stereocenters. The van der Waals surface area contributed by atoms with Gasteiger partial charge in [-0.3, -0.25) is 0 Å². The first-order valence-corrected chi connectivity index (χ1v) is 9.35. The highest BCUT2D eigenvalue weighted by molar-refractivity contribution is 5.98. The molecule has 0 radical (unpaired) electrons. The van der Waals surface area contributed by atoms with Gasteiger partial charge in [0.2, 0.25) is 0 Å².